The maximum absolute atomic E-state index is 11.6. The van der Waals surface area contributed by atoms with Crippen LogP contribution in [0.25, 0.3) is 0 Å². The van der Waals surface area contributed by atoms with Gasteiger partial charge in [-0.25, -0.2) is 0 Å². The zero-order chi connectivity index (χ0) is 45.2. The van der Waals surface area contributed by atoms with Gasteiger partial charge in [0.1, 0.15) is 0 Å². The van der Waals surface area contributed by atoms with E-state index in [0.717, 1.165) is 97.7 Å². The van der Waals surface area contributed by atoms with Gasteiger partial charge in [0.05, 0.1) is 0 Å². The van der Waals surface area contributed by atoms with Crippen LogP contribution in [0.3, 0.4) is 0 Å². The largest absolute Gasteiger partial charge is 0.618 e. The number of hydrogen-bond donors (Lipinski definition) is 5. The summed E-state index contributed by atoms with van der Waals surface area (Å²) in [5.74, 6) is 2.09. The van der Waals surface area contributed by atoms with E-state index >= 15 is 0 Å². The number of halogens is 1. The van der Waals surface area contributed by atoms with Crippen molar-refractivity contribution >= 4 is 37.1 Å². The van der Waals surface area contributed by atoms with Crippen molar-refractivity contribution in [1.29, 1.82) is 0 Å². The van der Waals surface area contributed by atoms with Crippen LogP contribution in [-0.2, 0) is 0 Å². The summed E-state index contributed by atoms with van der Waals surface area (Å²) < 4.78 is 1.98. The molecule has 8 rings (SSSR count). The summed E-state index contributed by atoms with van der Waals surface area (Å²) in [6.07, 6.45) is 19.7. The van der Waals surface area contributed by atoms with Gasteiger partial charge < -0.3 is 45.7 Å². The highest BCUT2D eigenvalue weighted by Gasteiger charge is 2.29. The summed E-state index contributed by atoms with van der Waals surface area (Å²) in [5, 5.41) is 57.5. The Bertz CT molecular complexity index is 1770. The third-order valence-electron chi connectivity index (χ3n) is 12.4. The number of rotatable bonds is 9. The highest BCUT2D eigenvalue weighted by atomic mass is 79.9. The first-order valence-electron chi connectivity index (χ1n) is 23.3. The molecule has 0 bridgehead atoms. The van der Waals surface area contributed by atoms with Gasteiger partial charge in [-0.1, -0.05) is 59.5 Å². The Labute approximate surface area is 386 Å². The number of nitrogens with zero attached hydrogens (tertiary/aromatic N) is 6. The molecule has 13 nitrogen and oxygen atoms in total. The molecule has 0 radical (unpaired) electrons. The minimum Gasteiger partial charge on any atom is -0.618 e. The number of hydrogen-bond acceptors (Lipinski definition) is 11. The zero-order valence-electron chi connectivity index (χ0n) is 37.9. The average molecular weight is 929 g/mol. The Hall–Kier alpha value is -3.41. The van der Waals surface area contributed by atoms with Crippen molar-refractivity contribution in [2.75, 3.05) is 51.1 Å². The van der Waals surface area contributed by atoms with Crippen molar-refractivity contribution < 1.29 is 24.5 Å². The van der Waals surface area contributed by atoms with Gasteiger partial charge in [0.2, 0.25) is 0 Å². The van der Waals surface area contributed by atoms with Crippen molar-refractivity contribution in [3.05, 3.63) is 131 Å². The Morgan fingerprint density at radius 1 is 0.619 bits per heavy atom. The Morgan fingerprint density at radius 2 is 1.05 bits per heavy atom. The van der Waals surface area contributed by atoms with E-state index in [9.17, 15) is 20.5 Å². The highest BCUT2D eigenvalue weighted by molar-refractivity contribution is 9.09. The van der Waals surface area contributed by atoms with E-state index in [1.54, 1.807) is 38.2 Å². The molecule has 4 aromatic heterocycles. The van der Waals surface area contributed by atoms with E-state index in [2.05, 4.69) is 59.5 Å². The quantitative estimate of drug-likeness (QED) is 0.0580. The Kier molecular flexibility index (Phi) is 24.8. The minimum atomic E-state index is -0.379. The maximum atomic E-state index is 11.6. The molecule has 17 heteroatoms. The molecule has 342 valence electrons. The number of pyridine rings is 4. The SMILES string of the molecule is CB(O)N1CCC(c2cccc[n+]2[O-])CC1.CB(O)N1CCC(c2ccccn2)CC1.CB(O)NCCBr.[O-][n+]1ccccc1C1CCCCC1.c1ccc(C2CCNCC2)nc1. The maximum Gasteiger partial charge on any atom is 0.376 e. The zero-order valence-corrected chi connectivity index (χ0v) is 39.5. The molecule has 5 N–H and O–H groups in total. The first-order chi connectivity index (χ1) is 30.6. The fourth-order valence-corrected chi connectivity index (χ4v) is 8.90. The first-order valence-corrected chi connectivity index (χ1v) is 24.4. The lowest BCUT2D eigenvalue weighted by Crippen LogP contribution is -2.44. The molecule has 0 unspecified atom stereocenters. The normalized spacial score (nSPS) is 17.8. The third kappa shape index (κ3) is 19.3. The second kappa shape index (κ2) is 29.9. The number of aromatic nitrogens is 4. The van der Waals surface area contributed by atoms with Gasteiger partial charge >= 0.3 is 21.2 Å². The topological polar surface area (TPSA) is 171 Å². The average Bonchev–Trinajstić information content (AvgIpc) is 3.33. The van der Waals surface area contributed by atoms with Crippen molar-refractivity contribution in [2.24, 2.45) is 0 Å². The second-order valence-electron chi connectivity index (χ2n) is 17.0. The van der Waals surface area contributed by atoms with Crippen molar-refractivity contribution in [3.63, 3.8) is 0 Å². The molecule has 1 aliphatic carbocycles. The number of alkyl halides is 1. The van der Waals surface area contributed by atoms with Gasteiger partial charge in [0.15, 0.2) is 23.8 Å². The molecule has 0 spiro atoms. The number of nitrogens with one attached hydrogen (secondary N) is 2. The van der Waals surface area contributed by atoms with Crippen molar-refractivity contribution in [3.8, 4) is 0 Å². The summed E-state index contributed by atoms with van der Waals surface area (Å²) >= 11 is 3.20. The van der Waals surface area contributed by atoms with Gasteiger partial charge in [-0.15, -0.1) is 0 Å². The molecule has 63 heavy (non-hydrogen) atoms. The molecule has 0 atom stereocenters. The molecule has 4 fully saturated rings. The van der Waals surface area contributed by atoms with Gasteiger partial charge in [-0.2, -0.15) is 9.46 Å². The van der Waals surface area contributed by atoms with E-state index in [0.29, 0.717) is 23.7 Å². The van der Waals surface area contributed by atoms with Crippen LogP contribution in [0.5, 0.6) is 0 Å². The Morgan fingerprint density at radius 3 is 1.43 bits per heavy atom. The van der Waals surface area contributed by atoms with E-state index in [1.807, 2.05) is 66.5 Å². The summed E-state index contributed by atoms with van der Waals surface area (Å²) in [6, 6.07) is 23.5. The fourth-order valence-electron chi connectivity index (χ4n) is 8.67. The fraction of sp³-hybridized carbons (Fsp3) is 0.565. The van der Waals surface area contributed by atoms with Crippen LogP contribution in [-0.4, -0.2) is 107 Å². The van der Waals surface area contributed by atoms with Crippen LogP contribution in [0.1, 0.15) is 117 Å². The lowest BCUT2D eigenvalue weighted by atomic mass is 9.80. The molecule has 1 saturated carbocycles. The lowest BCUT2D eigenvalue weighted by molar-refractivity contribution is -0.616. The van der Waals surface area contributed by atoms with Gasteiger partial charge in [0.25, 0.3) is 0 Å². The van der Waals surface area contributed by atoms with E-state index in [-0.39, 0.29) is 21.2 Å². The molecule has 3 saturated heterocycles. The van der Waals surface area contributed by atoms with Crippen LogP contribution in [0, 0.1) is 10.4 Å². The predicted molar refractivity (Wildman–Crippen MR) is 260 cm³/mol. The number of piperidine rings is 3. The van der Waals surface area contributed by atoms with Crippen LogP contribution in [0.15, 0.2) is 97.6 Å². The van der Waals surface area contributed by atoms with E-state index in [1.165, 1.54) is 56.3 Å². The summed E-state index contributed by atoms with van der Waals surface area (Å²) in [4.78, 5) is 12.9. The van der Waals surface area contributed by atoms with Gasteiger partial charge in [-0.05, 0) is 142 Å². The first kappa shape index (κ1) is 52.2. The lowest BCUT2D eigenvalue weighted by Gasteiger charge is -2.32. The second-order valence-corrected chi connectivity index (χ2v) is 17.8. The highest BCUT2D eigenvalue weighted by Crippen LogP contribution is 2.31. The van der Waals surface area contributed by atoms with Crippen LogP contribution < -0.4 is 20.0 Å². The summed E-state index contributed by atoms with van der Waals surface area (Å²) in [7, 11) is -1.07. The van der Waals surface area contributed by atoms with Gasteiger partial charge in [0, 0.05) is 77.0 Å². The summed E-state index contributed by atoms with van der Waals surface area (Å²) in [6.45, 7) is 12.1. The molecular weight excluding hydrogens is 857 g/mol. The molecule has 4 aromatic rings. The molecule has 0 aromatic carbocycles. The minimum absolute atomic E-state index is 0.310. The smallest absolute Gasteiger partial charge is 0.376 e. The molecular formula is C46H72B3BrN8O5. The predicted octanol–water partition coefficient (Wildman–Crippen LogP) is 5.98. The van der Waals surface area contributed by atoms with Gasteiger partial charge in [-0.3, -0.25) is 9.97 Å². The molecule has 4 aliphatic rings. The summed E-state index contributed by atoms with van der Waals surface area (Å²) in [5.41, 5.74) is 4.27. The van der Waals surface area contributed by atoms with E-state index < -0.39 is 0 Å². The third-order valence-corrected chi connectivity index (χ3v) is 12.7. The Balaban J connectivity index is 0.000000176. The van der Waals surface area contributed by atoms with Crippen molar-refractivity contribution in [1.82, 2.24) is 30.1 Å². The monoisotopic (exact) mass is 929 g/mol. The van der Waals surface area contributed by atoms with Crippen LogP contribution >= 0.6 is 15.9 Å². The molecule has 7 heterocycles. The molecule has 0 amide bonds. The van der Waals surface area contributed by atoms with E-state index in [4.69, 9.17) is 5.02 Å². The standard InChI is InChI=1S/C11H17BN2O2.C11H17BN2O.C11H15NO.C10H14N2.C3H9BBrNO/c1-12(15)13-8-5-10(6-9-13)11-4-2-3-7-14(11)16;1-12(15)14-8-5-10(6-9-14)11-4-2-3-7-13-11;13-12-9-5-4-8-11(12)10-6-2-1-3-7-10;1-2-6-12-10(3-1)9-4-7-11-8-5-9;1-4(7)6-3-2-5/h2-4,7,10,15H,5-6,8-9H2,1H3;2-4,7,10,15H,5-6,8-9H2,1H3;4-5,8-10H,1-3,6-7H2;1-3,6,9,11H,4-5,7-8H2;6-7H,2-3H2,1H3. The van der Waals surface area contributed by atoms with Crippen LogP contribution in [0.2, 0.25) is 20.5 Å². The molecule has 3 aliphatic heterocycles. The van der Waals surface area contributed by atoms with Crippen LogP contribution in [0.4, 0.5) is 0 Å². The van der Waals surface area contributed by atoms with Crippen molar-refractivity contribution in [2.45, 2.75) is 115 Å².